The number of nitrogens with one attached hydrogen (secondary N) is 1. The van der Waals surface area contributed by atoms with Gasteiger partial charge in [0.05, 0.1) is 6.10 Å². The lowest BCUT2D eigenvalue weighted by atomic mass is 10.1. The van der Waals surface area contributed by atoms with Crippen LogP contribution in [-0.2, 0) is 0 Å². The first kappa shape index (κ1) is 15.1. The summed E-state index contributed by atoms with van der Waals surface area (Å²) in [4.78, 5) is 2.35. The van der Waals surface area contributed by atoms with Crippen LogP contribution in [-0.4, -0.2) is 49.5 Å². The molecule has 1 aliphatic rings. The lowest BCUT2D eigenvalue weighted by Gasteiger charge is -2.19. The molecular formula is C15H24N2O3. The molecule has 0 radical (unpaired) electrons. The maximum absolute atomic E-state index is 10.2. The Balaban J connectivity index is 1.76. The molecule has 5 heteroatoms. The van der Waals surface area contributed by atoms with Crippen LogP contribution in [0.5, 0.6) is 11.5 Å². The number of aliphatic hydroxyl groups is 1. The van der Waals surface area contributed by atoms with E-state index < -0.39 is 6.10 Å². The molecule has 0 saturated heterocycles. The molecule has 112 valence electrons. The fraction of sp³-hybridized carbons (Fsp3) is 0.600. The number of fused-ring (bicyclic) bond motifs is 1. The first-order valence-electron chi connectivity index (χ1n) is 7.25. The third kappa shape index (κ3) is 3.85. The molecule has 1 unspecified atom stereocenters. The van der Waals surface area contributed by atoms with Gasteiger partial charge in [0, 0.05) is 19.6 Å². The Kier molecular flexibility index (Phi) is 5.64. The van der Waals surface area contributed by atoms with Crippen LogP contribution >= 0.6 is 0 Å². The summed E-state index contributed by atoms with van der Waals surface area (Å²) in [7, 11) is 0. The summed E-state index contributed by atoms with van der Waals surface area (Å²) < 4.78 is 10.6. The monoisotopic (exact) mass is 280 g/mol. The first-order chi connectivity index (χ1) is 9.74. The number of likely N-dealkylation sites (N-methyl/N-ethyl adjacent to an activating group) is 1. The van der Waals surface area contributed by atoms with Crippen molar-refractivity contribution >= 4 is 0 Å². The predicted octanol–water partition coefficient (Wildman–Crippen LogP) is 1.38. The van der Waals surface area contributed by atoms with Gasteiger partial charge in [0.25, 0.3) is 0 Å². The second-order valence-electron chi connectivity index (χ2n) is 4.86. The van der Waals surface area contributed by atoms with Gasteiger partial charge in [0.15, 0.2) is 11.5 Å². The van der Waals surface area contributed by atoms with Crippen molar-refractivity contribution in [2.24, 2.45) is 0 Å². The maximum atomic E-state index is 10.2. The molecule has 1 aromatic carbocycles. The van der Waals surface area contributed by atoms with E-state index in [2.05, 4.69) is 24.1 Å². The Labute approximate surface area is 120 Å². The van der Waals surface area contributed by atoms with E-state index in [4.69, 9.17) is 9.47 Å². The zero-order valence-electron chi connectivity index (χ0n) is 12.3. The first-order valence-corrected chi connectivity index (χ1v) is 7.25. The van der Waals surface area contributed by atoms with Crippen molar-refractivity contribution in [1.29, 1.82) is 0 Å². The minimum Gasteiger partial charge on any atom is -0.454 e. The minimum absolute atomic E-state index is 0.261. The molecule has 0 spiro atoms. The van der Waals surface area contributed by atoms with Crippen LogP contribution in [0.3, 0.4) is 0 Å². The zero-order chi connectivity index (χ0) is 14.4. The van der Waals surface area contributed by atoms with Crippen LogP contribution < -0.4 is 14.8 Å². The van der Waals surface area contributed by atoms with Gasteiger partial charge in [-0.25, -0.2) is 0 Å². The van der Waals surface area contributed by atoms with E-state index in [1.165, 1.54) is 0 Å². The summed E-state index contributed by atoms with van der Waals surface area (Å²) in [5.41, 5.74) is 0.851. The summed E-state index contributed by atoms with van der Waals surface area (Å²) in [5.74, 6) is 1.46. The predicted molar refractivity (Wildman–Crippen MR) is 78.2 cm³/mol. The fourth-order valence-electron chi connectivity index (χ4n) is 2.25. The van der Waals surface area contributed by atoms with Crippen LogP contribution in [0.4, 0.5) is 0 Å². The molecule has 1 aliphatic heterocycles. The molecule has 0 aromatic heterocycles. The molecule has 20 heavy (non-hydrogen) atoms. The van der Waals surface area contributed by atoms with Crippen molar-refractivity contribution in [2.75, 3.05) is 39.5 Å². The van der Waals surface area contributed by atoms with Gasteiger partial charge in [-0.15, -0.1) is 0 Å². The van der Waals surface area contributed by atoms with Crippen molar-refractivity contribution < 1.29 is 14.6 Å². The number of ether oxygens (including phenoxy) is 2. The summed E-state index contributed by atoms with van der Waals surface area (Å²) >= 11 is 0. The molecule has 1 aromatic rings. The number of benzene rings is 1. The van der Waals surface area contributed by atoms with Crippen molar-refractivity contribution in [3.63, 3.8) is 0 Å². The van der Waals surface area contributed by atoms with Gasteiger partial charge in [-0.05, 0) is 30.8 Å². The number of aliphatic hydroxyl groups excluding tert-OH is 1. The molecule has 0 bridgehead atoms. The Morgan fingerprint density at radius 1 is 1.25 bits per heavy atom. The van der Waals surface area contributed by atoms with E-state index in [0.717, 1.165) is 37.5 Å². The van der Waals surface area contributed by atoms with Crippen LogP contribution in [0.15, 0.2) is 18.2 Å². The molecule has 5 nitrogen and oxygen atoms in total. The maximum Gasteiger partial charge on any atom is 0.231 e. The quantitative estimate of drug-likeness (QED) is 0.705. The Morgan fingerprint density at radius 3 is 2.75 bits per heavy atom. The standard InChI is InChI=1S/C15H24N2O3/c1-3-17(4-2)8-7-16-10-13(18)12-5-6-14-15(9-12)20-11-19-14/h5-6,9,13,16,18H,3-4,7-8,10-11H2,1-2H3. The van der Waals surface area contributed by atoms with E-state index in [-0.39, 0.29) is 6.79 Å². The summed E-state index contributed by atoms with van der Waals surface area (Å²) in [5, 5.41) is 13.4. The van der Waals surface area contributed by atoms with E-state index in [0.29, 0.717) is 12.3 Å². The molecule has 1 atom stereocenters. The third-order valence-corrected chi connectivity index (χ3v) is 3.62. The third-order valence-electron chi connectivity index (χ3n) is 3.62. The highest BCUT2D eigenvalue weighted by atomic mass is 16.7. The van der Waals surface area contributed by atoms with E-state index >= 15 is 0 Å². The van der Waals surface area contributed by atoms with Gasteiger partial charge >= 0.3 is 0 Å². The molecule has 0 fully saturated rings. The smallest absolute Gasteiger partial charge is 0.231 e. The Morgan fingerprint density at radius 2 is 2.00 bits per heavy atom. The number of rotatable bonds is 8. The Hall–Kier alpha value is -1.30. The number of nitrogens with zero attached hydrogens (tertiary/aromatic N) is 1. The molecule has 2 rings (SSSR count). The van der Waals surface area contributed by atoms with Gasteiger partial charge in [-0.3, -0.25) is 0 Å². The summed E-state index contributed by atoms with van der Waals surface area (Å²) in [6, 6.07) is 5.57. The summed E-state index contributed by atoms with van der Waals surface area (Å²) in [6.45, 7) is 9.11. The van der Waals surface area contributed by atoms with Crippen molar-refractivity contribution in [1.82, 2.24) is 10.2 Å². The number of hydrogen-bond donors (Lipinski definition) is 2. The van der Waals surface area contributed by atoms with Gasteiger partial charge in [0.2, 0.25) is 6.79 Å². The minimum atomic E-state index is -0.527. The normalized spacial score (nSPS) is 14.8. The fourth-order valence-corrected chi connectivity index (χ4v) is 2.25. The van der Waals surface area contributed by atoms with Gasteiger partial charge < -0.3 is 24.8 Å². The topological polar surface area (TPSA) is 54.0 Å². The van der Waals surface area contributed by atoms with Crippen molar-refractivity contribution in [3.8, 4) is 11.5 Å². The van der Waals surface area contributed by atoms with Crippen LogP contribution in [0.2, 0.25) is 0 Å². The highest BCUT2D eigenvalue weighted by Crippen LogP contribution is 2.33. The molecule has 2 N–H and O–H groups in total. The van der Waals surface area contributed by atoms with Gasteiger partial charge in [-0.2, -0.15) is 0 Å². The zero-order valence-corrected chi connectivity index (χ0v) is 12.3. The van der Waals surface area contributed by atoms with E-state index in [1.54, 1.807) is 0 Å². The highest BCUT2D eigenvalue weighted by Gasteiger charge is 2.16. The molecule has 0 aliphatic carbocycles. The number of hydrogen-bond acceptors (Lipinski definition) is 5. The molecule has 1 heterocycles. The van der Waals surface area contributed by atoms with E-state index in [1.807, 2.05) is 18.2 Å². The lowest BCUT2D eigenvalue weighted by molar-refractivity contribution is 0.169. The molecular weight excluding hydrogens is 256 g/mol. The highest BCUT2D eigenvalue weighted by molar-refractivity contribution is 5.45. The second kappa shape index (κ2) is 7.47. The summed E-state index contributed by atoms with van der Waals surface area (Å²) in [6.07, 6.45) is -0.527. The van der Waals surface area contributed by atoms with Gasteiger partial charge in [0.1, 0.15) is 0 Å². The van der Waals surface area contributed by atoms with Crippen LogP contribution in [0, 0.1) is 0 Å². The Bertz CT molecular complexity index is 422. The second-order valence-corrected chi connectivity index (χ2v) is 4.86. The average Bonchev–Trinajstić information content (AvgIpc) is 2.94. The lowest BCUT2D eigenvalue weighted by Crippen LogP contribution is -2.33. The SMILES string of the molecule is CCN(CC)CCNCC(O)c1ccc2c(c1)OCO2. The molecule has 0 saturated carbocycles. The van der Waals surface area contributed by atoms with Crippen LogP contribution in [0.1, 0.15) is 25.5 Å². The van der Waals surface area contributed by atoms with Crippen molar-refractivity contribution in [2.45, 2.75) is 20.0 Å². The van der Waals surface area contributed by atoms with E-state index in [9.17, 15) is 5.11 Å². The average molecular weight is 280 g/mol. The van der Waals surface area contributed by atoms with Crippen LogP contribution in [0.25, 0.3) is 0 Å². The molecule has 0 amide bonds. The van der Waals surface area contributed by atoms with Crippen molar-refractivity contribution in [3.05, 3.63) is 23.8 Å². The van der Waals surface area contributed by atoms with Gasteiger partial charge in [-0.1, -0.05) is 19.9 Å². The largest absolute Gasteiger partial charge is 0.454 e.